The lowest BCUT2D eigenvalue weighted by atomic mass is 9.77. The molecule has 100 valence electrons. The fraction of sp³-hybridized carbons (Fsp3) is 0.375. The van der Waals surface area contributed by atoms with Crippen LogP contribution in [-0.2, 0) is 11.2 Å². The van der Waals surface area contributed by atoms with Gasteiger partial charge in [-0.05, 0) is 43.0 Å². The van der Waals surface area contributed by atoms with Crippen molar-refractivity contribution in [3.8, 4) is 0 Å². The molecular formula is C16H19NO2. The molecule has 2 aromatic rings. The normalized spacial score (nSPS) is 11.7. The third-order valence-corrected chi connectivity index (χ3v) is 4.02. The summed E-state index contributed by atoms with van der Waals surface area (Å²) in [6, 6.07) is 9.90. The van der Waals surface area contributed by atoms with Crippen LogP contribution in [0.5, 0.6) is 0 Å². The summed E-state index contributed by atoms with van der Waals surface area (Å²) in [4.78, 5) is 15.8. The Labute approximate surface area is 113 Å². The summed E-state index contributed by atoms with van der Waals surface area (Å²) in [5, 5.41) is 10.5. The van der Waals surface area contributed by atoms with Crippen molar-refractivity contribution in [1.29, 1.82) is 0 Å². The van der Waals surface area contributed by atoms with E-state index >= 15 is 0 Å². The topological polar surface area (TPSA) is 50.2 Å². The van der Waals surface area contributed by atoms with Gasteiger partial charge in [-0.2, -0.15) is 0 Å². The minimum absolute atomic E-state index is 0.570. The summed E-state index contributed by atoms with van der Waals surface area (Å²) < 4.78 is 0. The zero-order valence-corrected chi connectivity index (χ0v) is 11.4. The van der Waals surface area contributed by atoms with Gasteiger partial charge in [0.2, 0.25) is 0 Å². The van der Waals surface area contributed by atoms with Gasteiger partial charge in [0.25, 0.3) is 0 Å². The number of benzene rings is 1. The van der Waals surface area contributed by atoms with Gasteiger partial charge in [0, 0.05) is 11.6 Å². The van der Waals surface area contributed by atoms with Crippen molar-refractivity contribution < 1.29 is 9.90 Å². The standard InChI is InChI=1S/C16H19NO2/c1-3-16(4-2,15(18)19)11-12-7-8-14-13(10-12)6-5-9-17-14/h5-10H,3-4,11H2,1-2H3,(H,18,19). The summed E-state index contributed by atoms with van der Waals surface area (Å²) in [7, 11) is 0. The SMILES string of the molecule is CCC(CC)(Cc1ccc2ncccc2c1)C(=O)O. The highest BCUT2D eigenvalue weighted by molar-refractivity contribution is 5.79. The maximum absolute atomic E-state index is 11.5. The van der Waals surface area contributed by atoms with E-state index in [0.29, 0.717) is 19.3 Å². The van der Waals surface area contributed by atoms with Crippen molar-refractivity contribution in [2.75, 3.05) is 0 Å². The minimum atomic E-state index is -0.705. The van der Waals surface area contributed by atoms with Gasteiger partial charge in [-0.3, -0.25) is 9.78 Å². The summed E-state index contributed by atoms with van der Waals surface area (Å²) in [6.07, 6.45) is 3.62. The zero-order valence-electron chi connectivity index (χ0n) is 11.4. The molecule has 0 fully saturated rings. The highest BCUT2D eigenvalue weighted by Gasteiger charge is 2.34. The van der Waals surface area contributed by atoms with Crippen LogP contribution in [0.25, 0.3) is 10.9 Å². The maximum Gasteiger partial charge on any atom is 0.309 e. The van der Waals surface area contributed by atoms with E-state index in [0.717, 1.165) is 16.5 Å². The Balaban J connectivity index is 2.36. The Bertz CT molecular complexity index is 588. The van der Waals surface area contributed by atoms with E-state index in [-0.39, 0.29) is 0 Å². The Morgan fingerprint density at radius 3 is 2.63 bits per heavy atom. The van der Waals surface area contributed by atoms with E-state index < -0.39 is 11.4 Å². The molecular weight excluding hydrogens is 238 g/mol. The van der Waals surface area contributed by atoms with Gasteiger partial charge in [0.05, 0.1) is 10.9 Å². The van der Waals surface area contributed by atoms with Crippen LogP contribution in [-0.4, -0.2) is 16.1 Å². The van der Waals surface area contributed by atoms with Gasteiger partial charge < -0.3 is 5.11 Å². The maximum atomic E-state index is 11.5. The van der Waals surface area contributed by atoms with Crippen LogP contribution in [0.15, 0.2) is 36.5 Å². The fourth-order valence-electron chi connectivity index (χ4n) is 2.50. The predicted molar refractivity (Wildman–Crippen MR) is 76.1 cm³/mol. The number of aromatic nitrogens is 1. The smallest absolute Gasteiger partial charge is 0.309 e. The Morgan fingerprint density at radius 2 is 2.00 bits per heavy atom. The van der Waals surface area contributed by atoms with Crippen molar-refractivity contribution in [1.82, 2.24) is 4.98 Å². The number of carboxylic acid groups (broad SMARTS) is 1. The first-order valence-corrected chi connectivity index (χ1v) is 6.68. The second-order valence-corrected chi connectivity index (χ2v) is 5.00. The minimum Gasteiger partial charge on any atom is -0.481 e. The second-order valence-electron chi connectivity index (χ2n) is 5.00. The lowest BCUT2D eigenvalue weighted by molar-refractivity contribution is -0.149. The summed E-state index contributed by atoms with van der Waals surface area (Å²) in [6.45, 7) is 3.89. The van der Waals surface area contributed by atoms with Crippen molar-refractivity contribution in [3.63, 3.8) is 0 Å². The van der Waals surface area contributed by atoms with Gasteiger partial charge in [0.15, 0.2) is 0 Å². The molecule has 19 heavy (non-hydrogen) atoms. The fourth-order valence-corrected chi connectivity index (χ4v) is 2.50. The molecule has 0 radical (unpaired) electrons. The Kier molecular flexibility index (Phi) is 3.84. The average molecular weight is 257 g/mol. The van der Waals surface area contributed by atoms with Crippen molar-refractivity contribution >= 4 is 16.9 Å². The number of fused-ring (bicyclic) bond motifs is 1. The molecule has 1 N–H and O–H groups in total. The summed E-state index contributed by atoms with van der Waals surface area (Å²) in [5.41, 5.74) is 1.35. The van der Waals surface area contributed by atoms with Crippen LogP contribution >= 0.6 is 0 Å². The third-order valence-electron chi connectivity index (χ3n) is 4.02. The van der Waals surface area contributed by atoms with Gasteiger partial charge >= 0.3 is 5.97 Å². The van der Waals surface area contributed by atoms with E-state index in [1.807, 2.05) is 44.2 Å². The van der Waals surface area contributed by atoms with Gasteiger partial charge in [0.1, 0.15) is 0 Å². The number of nitrogens with zero attached hydrogens (tertiary/aromatic N) is 1. The highest BCUT2D eigenvalue weighted by atomic mass is 16.4. The number of carbonyl (C=O) groups is 1. The average Bonchev–Trinajstić information content (AvgIpc) is 2.44. The van der Waals surface area contributed by atoms with Crippen LogP contribution in [0.3, 0.4) is 0 Å². The molecule has 0 unspecified atom stereocenters. The van der Waals surface area contributed by atoms with Gasteiger partial charge in [-0.25, -0.2) is 0 Å². The first-order valence-electron chi connectivity index (χ1n) is 6.68. The predicted octanol–water partition coefficient (Wildman–Crippen LogP) is 3.67. The molecule has 3 nitrogen and oxygen atoms in total. The molecule has 0 aliphatic rings. The molecule has 1 aromatic heterocycles. The van der Waals surface area contributed by atoms with Crippen LogP contribution in [0.4, 0.5) is 0 Å². The largest absolute Gasteiger partial charge is 0.481 e. The van der Waals surface area contributed by atoms with Crippen molar-refractivity contribution in [3.05, 3.63) is 42.1 Å². The third kappa shape index (κ3) is 2.60. The first kappa shape index (κ1) is 13.5. The van der Waals surface area contributed by atoms with E-state index in [1.165, 1.54) is 0 Å². The van der Waals surface area contributed by atoms with Crippen LogP contribution < -0.4 is 0 Å². The zero-order chi connectivity index (χ0) is 13.9. The molecule has 2 rings (SSSR count). The monoisotopic (exact) mass is 257 g/mol. The van der Waals surface area contributed by atoms with E-state index in [2.05, 4.69) is 4.98 Å². The number of pyridine rings is 1. The molecule has 0 aliphatic heterocycles. The van der Waals surface area contributed by atoms with Gasteiger partial charge in [-0.15, -0.1) is 0 Å². The van der Waals surface area contributed by atoms with E-state index in [4.69, 9.17) is 0 Å². The molecule has 0 saturated carbocycles. The lowest BCUT2D eigenvalue weighted by Crippen LogP contribution is -2.32. The first-order chi connectivity index (χ1) is 9.11. The summed E-state index contributed by atoms with van der Waals surface area (Å²) >= 11 is 0. The second kappa shape index (κ2) is 5.39. The molecule has 0 atom stereocenters. The molecule has 0 bridgehead atoms. The van der Waals surface area contributed by atoms with Crippen LogP contribution in [0.1, 0.15) is 32.3 Å². The molecule has 0 spiro atoms. The van der Waals surface area contributed by atoms with Crippen molar-refractivity contribution in [2.24, 2.45) is 5.41 Å². The number of aliphatic carboxylic acids is 1. The summed E-state index contributed by atoms with van der Waals surface area (Å²) in [5.74, 6) is -0.705. The van der Waals surface area contributed by atoms with Crippen molar-refractivity contribution in [2.45, 2.75) is 33.1 Å². The molecule has 3 heteroatoms. The molecule has 0 amide bonds. The Morgan fingerprint density at radius 1 is 1.26 bits per heavy atom. The number of hydrogen-bond donors (Lipinski definition) is 1. The number of rotatable bonds is 5. The van der Waals surface area contributed by atoms with Gasteiger partial charge in [-0.1, -0.05) is 26.0 Å². The number of carboxylic acids is 1. The molecule has 1 aromatic carbocycles. The quantitative estimate of drug-likeness (QED) is 0.889. The van der Waals surface area contributed by atoms with Crippen LogP contribution in [0.2, 0.25) is 0 Å². The molecule has 0 aliphatic carbocycles. The van der Waals surface area contributed by atoms with Crippen LogP contribution in [0, 0.1) is 5.41 Å². The highest BCUT2D eigenvalue weighted by Crippen LogP contribution is 2.32. The molecule has 0 saturated heterocycles. The lowest BCUT2D eigenvalue weighted by Gasteiger charge is -2.26. The van der Waals surface area contributed by atoms with E-state index in [1.54, 1.807) is 6.20 Å². The molecule has 1 heterocycles. The number of hydrogen-bond acceptors (Lipinski definition) is 2. The van der Waals surface area contributed by atoms with E-state index in [9.17, 15) is 9.90 Å². The Hall–Kier alpha value is -1.90.